The summed E-state index contributed by atoms with van der Waals surface area (Å²) in [7, 11) is 0. The lowest BCUT2D eigenvalue weighted by atomic mass is 10.3. The zero-order valence-corrected chi connectivity index (χ0v) is 10.8. The maximum absolute atomic E-state index is 5.84. The lowest BCUT2D eigenvalue weighted by Crippen LogP contribution is -2.07. The van der Waals surface area contributed by atoms with Crippen molar-refractivity contribution in [3.05, 3.63) is 28.1 Å². The van der Waals surface area contributed by atoms with Gasteiger partial charge in [0.2, 0.25) is 5.28 Å². The molecule has 0 radical (unpaired) electrons. The Labute approximate surface area is 111 Å². The molecule has 0 amide bonds. The van der Waals surface area contributed by atoms with Gasteiger partial charge in [0.15, 0.2) is 5.65 Å². The number of hydrogen-bond donors (Lipinski definition) is 2. The Morgan fingerprint density at radius 2 is 2.33 bits per heavy atom. The largest absolute Gasteiger partial charge is 0.369 e. The molecule has 0 saturated heterocycles. The molecule has 0 aliphatic rings. The van der Waals surface area contributed by atoms with Crippen molar-refractivity contribution >= 4 is 39.8 Å². The number of rotatable bonds is 4. The summed E-state index contributed by atoms with van der Waals surface area (Å²) >= 11 is 7.43. The lowest BCUT2D eigenvalue weighted by molar-refractivity contribution is 0.968. The van der Waals surface area contributed by atoms with Crippen LogP contribution in [0.15, 0.2) is 17.1 Å². The number of thiazole rings is 1. The van der Waals surface area contributed by atoms with E-state index in [0.717, 1.165) is 24.0 Å². The third-order valence-electron chi connectivity index (χ3n) is 2.44. The van der Waals surface area contributed by atoms with E-state index in [4.69, 9.17) is 11.6 Å². The first kappa shape index (κ1) is 11.4. The number of halogens is 1. The predicted molar refractivity (Wildman–Crippen MR) is 71.0 cm³/mol. The van der Waals surface area contributed by atoms with E-state index in [-0.39, 0.29) is 5.28 Å². The Balaban J connectivity index is 1.75. The number of aromatic nitrogens is 5. The van der Waals surface area contributed by atoms with Crippen LogP contribution in [0.2, 0.25) is 5.28 Å². The topological polar surface area (TPSA) is 79.4 Å². The van der Waals surface area contributed by atoms with Crippen LogP contribution in [-0.4, -0.2) is 31.7 Å². The Kier molecular flexibility index (Phi) is 3.07. The van der Waals surface area contributed by atoms with Gasteiger partial charge in [-0.25, -0.2) is 4.98 Å². The van der Waals surface area contributed by atoms with Gasteiger partial charge in [0.05, 0.1) is 22.8 Å². The van der Waals surface area contributed by atoms with E-state index in [1.54, 1.807) is 17.5 Å². The molecule has 18 heavy (non-hydrogen) atoms. The summed E-state index contributed by atoms with van der Waals surface area (Å²) in [6.45, 7) is 0.733. The zero-order valence-electron chi connectivity index (χ0n) is 9.22. The molecule has 0 fully saturated rings. The molecule has 3 aromatic heterocycles. The fourth-order valence-electron chi connectivity index (χ4n) is 1.61. The van der Waals surface area contributed by atoms with E-state index < -0.39 is 0 Å². The van der Waals surface area contributed by atoms with Crippen molar-refractivity contribution in [2.75, 3.05) is 11.9 Å². The van der Waals surface area contributed by atoms with Crippen LogP contribution in [0.5, 0.6) is 0 Å². The molecule has 0 bridgehead atoms. The highest BCUT2D eigenvalue weighted by atomic mass is 35.5. The summed E-state index contributed by atoms with van der Waals surface area (Å²) in [5.41, 5.74) is 3.52. The number of H-pyrrole nitrogens is 1. The van der Waals surface area contributed by atoms with E-state index in [1.165, 1.54) is 0 Å². The molecule has 0 saturated carbocycles. The predicted octanol–water partition coefficient (Wildman–Crippen LogP) is 2.12. The molecule has 0 unspecified atom stereocenters. The zero-order chi connectivity index (χ0) is 12.4. The first-order chi connectivity index (χ1) is 8.83. The molecule has 3 heterocycles. The van der Waals surface area contributed by atoms with Gasteiger partial charge in [-0.3, -0.25) is 5.10 Å². The summed E-state index contributed by atoms with van der Waals surface area (Å²) in [5, 5.41) is 13.0. The van der Waals surface area contributed by atoms with Gasteiger partial charge in [-0.2, -0.15) is 15.1 Å². The van der Waals surface area contributed by atoms with E-state index in [0.29, 0.717) is 11.5 Å². The standard InChI is InChI=1S/C10H9ClN6S/c11-10-15-8(7-3-14-17-9(7)16-10)12-2-1-6-4-18-5-13-6/h3-5H,1-2H2,(H2,12,14,15,16,17). The second-order valence-corrected chi connectivity index (χ2v) is 4.69. The SMILES string of the molecule is Clc1nc(NCCc2cscn2)c2cn[nH]c2n1. The summed E-state index contributed by atoms with van der Waals surface area (Å²) in [4.78, 5) is 12.4. The normalized spacial score (nSPS) is 10.9. The quantitative estimate of drug-likeness (QED) is 0.716. The highest BCUT2D eigenvalue weighted by Crippen LogP contribution is 2.19. The van der Waals surface area contributed by atoms with Gasteiger partial charge in [-0.15, -0.1) is 11.3 Å². The average molecular weight is 281 g/mol. The minimum Gasteiger partial charge on any atom is -0.369 e. The molecule has 3 rings (SSSR count). The molecule has 3 aromatic rings. The number of nitrogens with zero attached hydrogens (tertiary/aromatic N) is 4. The molecule has 8 heteroatoms. The van der Waals surface area contributed by atoms with Crippen molar-refractivity contribution < 1.29 is 0 Å². The fraction of sp³-hybridized carbons (Fsp3) is 0.200. The van der Waals surface area contributed by atoms with Crippen LogP contribution in [-0.2, 0) is 6.42 Å². The van der Waals surface area contributed by atoms with Crippen molar-refractivity contribution in [1.29, 1.82) is 0 Å². The molecular formula is C10H9ClN6S. The molecule has 6 nitrogen and oxygen atoms in total. The Morgan fingerprint density at radius 1 is 1.39 bits per heavy atom. The summed E-state index contributed by atoms with van der Waals surface area (Å²) in [5.74, 6) is 0.689. The molecule has 92 valence electrons. The number of hydrogen-bond acceptors (Lipinski definition) is 6. The second kappa shape index (κ2) is 4.87. The van der Waals surface area contributed by atoms with Crippen LogP contribution in [0.1, 0.15) is 5.69 Å². The average Bonchev–Trinajstić information content (AvgIpc) is 2.98. The van der Waals surface area contributed by atoms with Gasteiger partial charge in [0.1, 0.15) is 5.82 Å². The van der Waals surface area contributed by atoms with Crippen LogP contribution in [0, 0.1) is 0 Å². The van der Waals surface area contributed by atoms with Crippen LogP contribution in [0.25, 0.3) is 11.0 Å². The second-order valence-electron chi connectivity index (χ2n) is 3.63. The molecule has 0 aliphatic carbocycles. The van der Waals surface area contributed by atoms with Crippen LogP contribution >= 0.6 is 22.9 Å². The Bertz CT molecular complexity index is 649. The number of anilines is 1. The minimum absolute atomic E-state index is 0.197. The van der Waals surface area contributed by atoms with Gasteiger partial charge in [0, 0.05) is 18.3 Å². The summed E-state index contributed by atoms with van der Waals surface area (Å²) < 4.78 is 0. The molecular weight excluding hydrogens is 272 g/mol. The molecule has 0 aromatic carbocycles. The van der Waals surface area contributed by atoms with Crippen molar-refractivity contribution in [2.45, 2.75) is 6.42 Å². The van der Waals surface area contributed by atoms with Crippen molar-refractivity contribution in [3.8, 4) is 0 Å². The monoisotopic (exact) mass is 280 g/mol. The molecule has 0 atom stereocenters. The maximum Gasteiger partial charge on any atom is 0.226 e. The van der Waals surface area contributed by atoms with Gasteiger partial charge >= 0.3 is 0 Å². The van der Waals surface area contributed by atoms with E-state index in [2.05, 4.69) is 30.5 Å². The van der Waals surface area contributed by atoms with E-state index >= 15 is 0 Å². The van der Waals surface area contributed by atoms with Gasteiger partial charge in [0.25, 0.3) is 0 Å². The Hall–Kier alpha value is -1.73. The summed E-state index contributed by atoms with van der Waals surface area (Å²) in [6.07, 6.45) is 2.52. The van der Waals surface area contributed by atoms with Gasteiger partial charge in [-0.05, 0) is 11.6 Å². The van der Waals surface area contributed by atoms with E-state index in [9.17, 15) is 0 Å². The van der Waals surface area contributed by atoms with Crippen molar-refractivity contribution in [3.63, 3.8) is 0 Å². The van der Waals surface area contributed by atoms with Crippen LogP contribution < -0.4 is 5.32 Å². The molecule has 0 spiro atoms. The highest BCUT2D eigenvalue weighted by Gasteiger charge is 2.07. The van der Waals surface area contributed by atoms with Crippen LogP contribution in [0.4, 0.5) is 5.82 Å². The molecule has 0 aliphatic heterocycles. The maximum atomic E-state index is 5.84. The third kappa shape index (κ3) is 2.27. The highest BCUT2D eigenvalue weighted by molar-refractivity contribution is 7.07. The molecule has 2 N–H and O–H groups in total. The van der Waals surface area contributed by atoms with Gasteiger partial charge < -0.3 is 5.32 Å². The summed E-state index contributed by atoms with van der Waals surface area (Å²) in [6, 6.07) is 0. The first-order valence-electron chi connectivity index (χ1n) is 5.30. The van der Waals surface area contributed by atoms with Crippen LogP contribution in [0.3, 0.4) is 0 Å². The minimum atomic E-state index is 0.197. The van der Waals surface area contributed by atoms with E-state index in [1.807, 2.05) is 10.9 Å². The smallest absolute Gasteiger partial charge is 0.226 e. The third-order valence-corrected chi connectivity index (χ3v) is 3.24. The van der Waals surface area contributed by atoms with Crippen molar-refractivity contribution in [1.82, 2.24) is 25.1 Å². The first-order valence-corrected chi connectivity index (χ1v) is 6.62. The Morgan fingerprint density at radius 3 is 3.17 bits per heavy atom. The number of fused-ring (bicyclic) bond motifs is 1. The number of nitrogens with one attached hydrogen (secondary N) is 2. The van der Waals surface area contributed by atoms with Crippen molar-refractivity contribution in [2.24, 2.45) is 0 Å². The lowest BCUT2D eigenvalue weighted by Gasteiger charge is -2.05. The van der Waals surface area contributed by atoms with Gasteiger partial charge in [-0.1, -0.05) is 0 Å². The fourth-order valence-corrected chi connectivity index (χ4v) is 2.37. The number of aromatic amines is 1.